The minimum absolute atomic E-state index is 0.0398. The molecule has 0 radical (unpaired) electrons. The maximum absolute atomic E-state index is 12.5. The summed E-state index contributed by atoms with van der Waals surface area (Å²) in [6.45, 7) is 17.7. The number of aliphatic hydroxyl groups excluding tert-OH is 1. The topological polar surface area (TPSA) is 55.8 Å². The van der Waals surface area contributed by atoms with Crippen molar-refractivity contribution in [2.75, 3.05) is 0 Å². The van der Waals surface area contributed by atoms with Gasteiger partial charge in [0.2, 0.25) is 0 Å². The molecule has 5 rings (SSSR count). The van der Waals surface area contributed by atoms with E-state index in [0.29, 0.717) is 36.6 Å². The molecule has 34 heavy (non-hydrogen) atoms. The predicted octanol–water partition coefficient (Wildman–Crippen LogP) is 6.64. The third-order valence-corrected chi connectivity index (χ3v) is 11.0. The van der Waals surface area contributed by atoms with E-state index in [0.717, 1.165) is 38.5 Å². The van der Waals surface area contributed by atoms with Crippen LogP contribution in [0.4, 0.5) is 0 Å². The second kappa shape index (κ2) is 8.99. The van der Waals surface area contributed by atoms with E-state index < -0.39 is 11.7 Å². The first-order valence-electron chi connectivity index (χ1n) is 14.0. The van der Waals surface area contributed by atoms with E-state index in [1.807, 2.05) is 27.7 Å². The summed E-state index contributed by atoms with van der Waals surface area (Å²) in [5.41, 5.74) is 0.872. The Hall–Kier alpha value is -0.710. The molecule has 2 saturated carbocycles. The van der Waals surface area contributed by atoms with Gasteiger partial charge in [0.05, 0.1) is 29.5 Å². The Balaban J connectivity index is 1.57. The zero-order valence-electron chi connectivity index (χ0n) is 23.1. The lowest BCUT2D eigenvalue weighted by molar-refractivity contribution is -0.365. The molecular weight excluding hydrogens is 424 g/mol. The van der Waals surface area contributed by atoms with Crippen molar-refractivity contribution in [1.82, 2.24) is 0 Å². The minimum atomic E-state index is -0.521. The van der Waals surface area contributed by atoms with E-state index in [2.05, 4.69) is 33.8 Å². The molecule has 2 bridgehead atoms. The molecule has 4 nitrogen and oxygen atoms in total. The van der Waals surface area contributed by atoms with Gasteiger partial charge in [-0.15, -0.1) is 0 Å². The molecule has 0 aromatic carbocycles. The third kappa shape index (κ3) is 4.04. The van der Waals surface area contributed by atoms with Crippen LogP contribution in [0, 0.1) is 28.6 Å². The molecule has 0 spiro atoms. The Morgan fingerprint density at radius 3 is 2.32 bits per heavy atom. The average molecular weight is 475 g/mol. The van der Waals surface area contributed by atoms with Crippen molar-refractivity contribution in [3.05, 3.63) is 11.6 Å². The molecule has 4 heteroatoms. The molecular formula is C30H50O4. The summed E-state index contributed by atoms with van der Waals surface area (Å²) >= 11 is 0. The molecule has 8 atom stereocenters. The SMILES string of the molecule is CC(C)C(=O)CCC1(C)C2CCC(C)C1(CCC1(C)C3=CCC(O)C(C)(C)OC3CCC1C)O2. The maximum atomic E-state index is 12.5. The molecule has 1 N–H and O–H groups in total. The van der Waals surface area contributed by atoms with Crippen LogP contribution in [0.5, 0.6) is 0 Å². The molecule has 0 aromatic heterocycles. The van der Waals surface area contributed by atoms with Gasteiger partial charge in [-0.25, -0.2) is 0 Å². The van der Waals surface area contributed by atoms with Gasteiger partial charge in [-0.1, -0.05) is 47.6 Å². The molecule has 4 fully saturated rings. The fraction of sp³-hybridized carbons (Fsp3) is 0.900. The van der Waals surface area contributed by atoms with Crippen molar-refractivity contribution in [2.45, 2.75) is 143 Å². The van der Waals surface area contributed by atoms with Crippen molar-refractivity contribution >= 4 is 5.78 Å². The number of ketones is 1. The standard InChI is InChI=1S/C30H50O4/c1-19(2)23(31)15-16-29(8)26-14-10-21(4)30(29,34-26)18-17-28(7)20(3)9-12-24-22(28)11-13-25(32)27(5,6)33-24/h11,19-21,24-26,32H,9-10,12-18H2,1-8H3. The molecule has 8 unspecified atom stereocenters. The van der Waals surface area contributed by atoms with Crippen molar-refractivity contribution in [3.8, 4) is 0 Å². The highest BCUT2D eigenvalue weighted by atomic mass is 16.5. The summed E-state index contributed by atoms with van der Waals surface area (Å²) < 4.78 is 13.3. The number of ether oxygens (including phenoxy) is 2. The van der Waals surface area contributed by atoms with Gasteiger partial charge in [0.1, 0.15) is 5.78 Å². The smallest absolute Gasteiger partial charge is 0.135 e. The Morgan fingerprint density at radius 1 is 1.00 bits per heavy atom. The summed E-state index contributed by atoms with van der Waals surface area (Å²) in [4.78, 5) is 12.5. The van der Waals surface area contributed by atoms with Crippen LogP contribution in [0.15, 0.2) is 11.6 Å². The number of hydrogen-bond donors (Lipinski definition) is 1. The molecule has 2 aliphatic carbocycles. The molecule has 3 aliphatic heterocycles. The van der Waals surface area contributed by atoms with Gasteiger partial charge in [0, 0.05) is 17.8 Å². The van der Waals surface area contributed by atoms with Gasteiger partial charge < -0.3 is 14.6 Å². The molecule has 194 valence electrons. The molecule has 2 saturated heterocycles. The Kier molecular flexibility index (Phi) is 6.97. The summed E-state index contributed by atoms with van der Waals surface area (Å²) in [7, 11) is 0. The van der Waals surface area contributed by atoms with Crippen molar-refractivity contribution < 1.29 is 19.4 Å². The summed E-state index contributed by atoms with van der Waals surface area (Å²) in [5.74, 6) is 1.57. The van der Waals surface area contributed by atoms with Crippen LogP contribution in [0.3, 0.4) is 0 Å². The monoisotopic (exact) mass is 474 g/mol. The normalized spacial score (nSPS) is 45.7. The molecule has 5 aliphatic rings. The third-order valence-electron chi connectivity index (χ3n) is 11.0. The predicted molar refractivity (Wildman–Crippen MR) is 137 cm³/mol. The molecule has 0 aromatic rings. The zero-order chi connectivity index (χ0) is 25.1. The van der Waals surface area contributed by atoms with Gasteiger partial charge in [-0.2, -0.15) is 0 Å². The highest BCUT2D eigenvalue weighted by molar-refractivity contribution is 5.80. The Bertz CT molecular complexity index is 815. The first-order valence-corrected chi connectivity index (χ1v) is 14.0. The summed E-state index contributed by atoms with van der Waals surface area (Å²) in [6, 6.07) is 0. The van der Waals surface area contributed by atoms with Crippen LogP contribution in [0.2, 0.25) is 0 Å². The van der Waals surface area contributed by atoms with Crippen molar-refractivity contribution in [2.24, 2.45) is 28.6 Å². The Morgan fingerprint density at radius 2 is 1.68 bits per heavy atom. The highest BCUT2D eigenvalue weighted by Crippen LogP contribution is 2.65. The van der Waals surface area contributed by atoms with Gasteiger partial charge >= 0.3 is 0 Å². The fourth-order valence-electron chi connectivity index (χ4n) is 7.88. The second-order valence-electron chi connectivity index (χ2n) is 13.5. The maximum Gasteiger partial charge on any atom is 0.135 e. The van der Waals surface area contributed by atoms with Gasteiger partial charge in [-0.3, -0.25) is 4.79 Å². The number of carbonyl (C=O) groups excluding carboxylic acids is 1. The highest BCUT2D eigenvalue weighted by Gasteiger charge is 2.68. The lowest BCUT2D eigenvalue weighted by Crippen LogP contribution is -2.73. The van der Waals surface area contributed by atoms with Crippen LogP contribution in [0.25, 0.3) is 0 Å². The number of aliphatic hydroxyl groups is 1. The molecule has 3 heterocycles. The zero-order valence-corrected chi connectivity index (χ0v) is 23.1. The van der Waals surface area contributed by atoms with Gasteiger partial charge in [0.25, 0.3) is 0 Å². The van der Waals surface area contributed by atoms with E-state index in [4.69, 9.17) is 9.47 Å². The Labute approximate surface area is 208 Å². The number of rotatable bonds is 7. The van der Waals surface area contributed by atoms with E-state index in [1.54, 1.807) is 0 Å². The van der Waals surface area contributed by atoms with Crippen molar-refractivity contribution in [1.29, 1.82) is 0 Å². The number of Topliss-reactive ketones (excluding diaryl/α,β-unsaturated/α-hetero) is 1. The molecule has 0 amide bonds. The van der Waals surface area contributed by atoms with E-state index in [1.165, 1.54) is 12.0 Å². The first kappa shape index (κ1) is 26.4. The van der Waals surface area contributed by atoms with Crippen LogP contribution >= 0.6 is 0 Å². The summed E-state index contributed by atoms with van der Waals surface area (Å²) in [6.07, 6.45) is 11.1. The second-order valence-corrected chi connectivity index (χ2v) is 13.5. The van der Waals surface area contributed by atoms with Crippen LogP contribution < -0.4 is 0 Å². The lowest BCUT2D eigenvalue weighted by atomic mass is 9.49. The lowest BCUT2D eigenvalue weighted by Gasteiger charge is -2.70. The van der Waals surface area contributed by atoms with Crippen molar-refractivity contribution in [3.63, 3.8) is 0 Å². The fourth-order valence-corrected chi connectivity index (χ4v) is 7.88. The van der Waals surface area contributed by atoms with Crippen LogP contribution in [-0.4, -0.2) is 40.4 Å². The largest absolute Gasteiger partial charge is 0.390 e. The number of carbonyl (C=O) groups is 1. The number of hydrogen-bond acceptors (Lipinski definition) is 4. The number of fused-ring (bicyclic) bond motifs is 3. The van der Waals surface area contributed by atoms with E-state index >= 15 is 0 Å². The first-order chi connectivity index (χ1) is 15.8. The quantitative estimate of drug-likeness (QED) is 0.420. The summed E-state index contributed by atoms with van der Waals surface area (Å²) in [5, 5.41) is 10.7. The average Bonchev–Trinajstić information content (AvgIpc) is 2.89. The van der Waals surface area contributed by atoms with Gasteiger partial charge in [0.15, 0.2) is 0 Å². The van der Waals surface area contributed by atoms with Crippen LogP contribution in [0.1, 0.15) is 113 Å². The van der Waals surface area contributed by atoms with Gasteiger partial charge in [-0.05, 0) is 88.0 Å². The van der Waals surface area contributed by atoms with Crippen LogP contribution in [-0.2, 0) is 14.3 Å². The minimum Gasteiger partial charge on any atom is -0.390 e. The van der Waals surface area contributed by atoms with E-state index in [9.17, 15) is 9.90 Å². The van der Waals surface area contributed by atoms with E-state index in [-0.39, 0.29) is 28.5 Å².